The Hall–Kier alpha value is -2.58. The molecule has 7 nitrogen and oxygen atoms in total. The lowest BCUT2D eigenvalue weighted by atomic mass is 10.1. The molecule has 0 atom stereocenters. The van der Waals surface area contributed by atoms with Crippen molar-refractivity contribution in [1.82, 2.24) is 0 Å². The minimum absolute atomic E-state index is 0.186. The van der Waals surface area contributed by atoms with Gasteiger partial charge in [0, 0.05) is 5.69 Å². The fraction of sp³-hybridized carbons (Fsp3) is 0.188. The number of ether oxygens (including phenoxy) is 1. The van der Waals surface area contributed by atoms with Gasteiger partial charge in [-0.3, -0.25) is 4.79 Å². The molecule has 0 saturated heterocycles. The third kappa shape index (κ3) is 4.46. The predicted octanol–water partition coefficient (Wildman–Crippen LogP) is 1.67. The van der Waals surface area contributed by atoms with E-state index in [1.165, 1.54) is 6.07 Å². The highest BCUT2D eigenvalue weighted by atomic mass is 32.2. The third-order valence-electron chi connectivity index (χ3n) is 3.25. The van der Waals surface area contributed by atoms with Gasteiger partial charge < -0.3 is 15.2 Å². The molecule has 24 heavy (non-hydrogen) atoms. The van der Waals surface area contributed by atoms with E-state index < -0.39 is 26.6 Å². The highest BCUT2D eigenvalue weighted by Gasteiger charge is 2.15. The Labute approximate surface area is 140 Å². The SMILES string of the molecule is Cc1ccc(C)c(OCC(=O)Nc2ccc(O)c(S(N)(=O)=O)c2)c1. The number of primary sulfonamides is 1. The van der Waals surface area contributed by atoms with Crippen molar-refractivity contribution in [3.05, 3.63) is 47.5 Å². The molecule has 0 fully saturated rings. The summed E-state index contributed by atoms with van der Waals surface area (Å²) in [5.41, 5.74) is 2.09. The van der Waals surface area contributed by atoms with Gasteiger partial charge in [-0.15, -0.1) is 0 Å². The number of sulfonamides is 1. The molecule has 2 rings (SSSR count). The Morgan fingerprint density at radius 1 is 1.21 bits per heavy atom. The van der Waals surface area contributed by atoms with Gasteiger partial charge in [-0.2, -0.15) is 0 Å². The number of nitrogens with one attached hydrogen (secondary N) is 1. The van der Waals surface area contributed by atoms with Gasteiger partial charge in [-0.05, 0) is 49.2 Å². The van der Waals surface area contributed by atoms with E-state index in [1.807, 2.05) is 32.0 Å². The maximum absolute atomic E-state index is 11.9. The third-order valence-corrected chi connectivity index (χ3v) is 4.19. The van der Waals surface area contributed by atoms with Crippen LogP contribution in [0.4, 0.5) is 5.69 Å². The summed E-state index contributed by atoms with van der Waals surface area (Å²) in [6.45, 7) is 3.54. The molecule has 0 radical (unpaired) electrons. The monoisotopic (exact) mass is 350 g/mol. The molecular weight excluding hydrogens is 332 g/mol. The second-order valence-corrected chi connectivity index (χ2v) is 6.86. The van der Waals surface area contributed by atoms with Crippen LogP contribution in [0.2, 0.25) is 0 Å². The number of carbonyl (C=O) groups excluding carboxylic acids is 1. The minimum Gasteiger partial charge on any atom is -0.507 e. The van der Waals surface area contributed by atoms with Crippen molar-refractivity contribution in [2.45, 2.75) is 18.7 Å². The lowest BCUT2D eigenvalue weighted by Crippen LogP contribution is -2.21. The second-order valence-electron chi connectivity index (χ2n) is 5.33. The molecule has 2 aromatic rings. The molecule has 0 saturated carbocycles. The van der Waals surface area contributed by atoms with E-state index in [0.29, 0.717) is 5.75 Å². The molecule has 0 aliphatic carbocycles. The maximum atomic E-state index is 11.9. The first-order valence-electron chi connectivity index (χ1n) is 7.02. The zero-order valence-electron chi connectivity index (χ0n) is 13.2. The first-order chi connectivity index (χ1) is 11.2. The van der Waals surface area contributed by atoms with E-state index in [2.05, 4.69) is 5.32 Å². The van der Waals surface area contributed by atoms with Crippen molar-refractivity contribution in [1.29, 1.82) is 0 Å². The van der Waals surface area contributed by atoms with Crippen LogP contribution in [-0.4, -0.2) is 26.0 Å². The van der Waals surface area contributed by atoms with Crippen molar-refractivity contribution in [2.75, 3.05) is 11.9 Å². The second kappa shape index (κ2) is 6.90. The van der Waals surface area contributed by atoms with Crippen LogP contribution in [0.5, 0.6) is 11.5 Å². The quantitative estimate of drug-likeness (QED) is 0.709. The van der Waals surface area contributed by atoms with Crippen molar-refractivity contribution < 1.29 is 23.1 Å². The Morgan fingerprint density at radius 2 is 1.92 bits per heavy atom. The number of aromatic hydroxyl groups is 1. The maximum Gasteiger partial charge on any atom is 0.262 e. The molecule has 0 aliphatic rings. The Morgan fingerprint density at radius 3 is 2.58 bits per heavy atom. The van der Waals surface area contributed by atoms with Gasteiger partial charge in [0.25, 0.3) is 5.91 Å². The van der Waals surface area contributed by atoms with Gasteiger partial charge >= 0.3 is 0 Å². The van der Waals surface area contributed by atoms with Gasteiger partial charge in [0.2, 0.25) is 10.0 Å². The number of phenols is 1. The molecule has 0 unspecified atom stereocenters. The standard InChI is InChI=1S/C16H18N2O5S/c1-10-3-4-11(2)14(7-10)23-9-16(20)18-12-5-6-13(19)15(8-12)24(17,21)22/h3-8,19H,9H2,1-2H3,(H,18,20)(H2,17,21,22). The van der Waals surface area contributed by atoms with Crippen LogP contribution < -0.4 is 15.2 Å². The van der Waals surface area contributed by atoms with E-state index >= 15 is 0 Å². The van der Waals surface area contributed by atoms with Crippen molar-refractivity contribution in [2.24, 2.45) is 5.14 Å². The summed E-state index contributed by atoms with van der Waals surface area (Å²) in [5, 5.41) is 17.0. The van der Waals surface area contributed by atoms with Gasteiger partial charge in [-0.1, -0.05) is 12.1 Å². The molecule has 0 bridgehead atoms. The van der Waals surface area contributed by atoms with Gasteiger partial charge in [0.05, 0.1) is 0 Å². The molecule has 1 amide bonds. The first kappa shape index (κ1) is 17.8. The Bertz CT molecular complexity index is 878. The molecule has 0 aliphatic heterocycles. The number of rotatable bonds is 5. The minimum atomic E-state index is -4.09. The zero-order valence-corrected chi connectivity index (χ0v) is 14.1. The van der Waals surface area contributed by atoms with E-state index in [1.54, 1.807) is 0 Å². The summed E-state index contributed by atoms with van der Waals surface area (Å²) >= 11 is 0. The Balaban J connectivity index is 2.06. The summed E-state index contributed by atoms with van der Waals surface area (Å²) in [6.07, 6.45) is 0. The largest absolute Gasteiger partial charge is 0.507 e. The number of phenolic OH excluding ortho intramolecular Hbond substituents is 1. The highest BCUT2D eigenvalue weighted by molar-refractivity contribution is 7.89. The molecular formula is C16H18N2O5S. The van der Waals surface area contributed by atoms with Crippen LogP contribution in [-0.2, 0) is 14.8 Å². The number of nitrogens with two attached hydrogens (primary N) is 1. The van der Waals surface area contributed by atoms with Gasteiger partial charge in [0.15, 0.2) is 6.61 Å². The fourth-order valence-electron chi connectivity index (χ4n) is 2.02. The molecule has 8 heteroatoms. The molecule has 0 heterocycles. The topological polar surface area (TPSA) is 119 Å². The highest BCUT2D eigenvalue weighted by Crippen LogP contribution is 2.25. The summed E-state index contributed by atoms with van der Waals surface area (Å²) in [6, 6.07) is 9.23. The van der Waals surface area contributed by atoms with Crippen molar-refractivity contribution in [3.8, 4) is 11.5 Å². The van der Waals surface area contributed by atoms with E-state index in [0.717, 1.165) is 23.3 Å². The predicted molar refractivity (Wildman–Crippen MR) is 89.5 cm³/mol. The van der Waals surface area contributed by atoms with E-state index in [9.17, 15) is 18.3 Å². The number of aryl methyl sites for hydroxylation is 2. The zero-order chi connectivity index (χ0) is 17.9. The van der Waals surface area contributed by atoms with Crippen LogP contribution in [0, 0.1) is 13.8 Å². The van der Waals surface area contributed by atoms with Crippen LogP contribution >= 0.6 is 0 Å². The molecule has 4 N–H and O–H groups in total. The number of anilines is 1. The van der Waals surface area contributed by atoms with Crippen LogP contribution in [0.1, 0.15) is 11.1 Å². The summed E-state index contributed by atoms with van der Waals surface area (Å²) < 4.78 is 28.2. The molecule has 128 valence electrons. The Kier molecular flexibility index (Phi) is 5.10. The number of carbonyl (C=O) groups is 1. The molecule has 2 aromatic carbocycles. The van der Waals surface area contributed by atoms with E-state index in [-0.39, 0.29) is 12.3 Å². The number of hydrogen-bond acceptors (Lipinski definition) is 5. The first-order valence-corrected chi connectivity index (χ1v) is 8.57. The lowest BCUT2D eigenvalue weighted by Gasteiger charge is -2.11. The average molecular weight is 350 g/mol. The number of amides is 1. The fourth-order valence-corrected chi connectivity index (χ4v) is 2.67. The van der Waals surface area contributed by atoms with Crippen molar-refractivity contribution in [3.63, 3.8) is 0 Å². The average Bonchev–Trinajstić information content (AvgIpc) is 2.49. The molecule has 0 spiro atoms. The summed E-state index contributed by atoms with van der Waals surface area (Å²) in [7, 11) is -4.09. The van der Waals surface area contributed by atoms with Gasteiger partial charge in [-0.25, -0.2) is 13.6 Å². The van der Waals surface area contributed by atoms with E-state index in [4.69, 9.17) is 9.88 Å². The summed E-state index contributed by atoms with van der Waals surface area (Å²) in [4.78, 5) is 11.5. The normalized spacial score (nSPS) is 11.1. The molecule has 0 aromatic heterocycles. The number of hydrogen-bond donors (Lipinski definition) is 3. The summed E-state index contributed by atoms with van der Waals surface area (Å²) in [5.74, 6) is -0.356. The van der Waals surface area contributed by atoms with Crippen LogP contribution in [0.15, 0.2) is 41.3 Å². The van der Waals surface area contributed by atoms with Crippen molar-refractivity contribution >= 4 is 21.6 Å². The van der Waals surface area contributed by atoms with Gasteiger partial charge in [0.1, 0.15) is 16.4 Å². The van der Waals surface area contributed by atoms with Crippen LogP contribution in [0.3, 0.4) is 0 Å². The van der Waals surface area contributed by atoms with Crippen LogP contribution in [0.25, 0.3) is 0 Å². The lowest BCUT2D eigenvalue weighted by molar-refractivity contribution is -0.118. The smallest absolute Gasteiger partial charge is 0.262 e. The number of benzene rings is 2.